The van der Waals surface area contributed by atoms with Crippen LogP contribution in [0.25, 0.3) is 21.7 Å². The lowest BCUT2D eigenvalue weighted by atomic mass is 9.98. The number of benzene rings is 3. The number of aromatic nitrogens is 1. The van der Waals surface area contributed by atoms with Gasteiger partial charge in [-0.1, -0.05) is 60.2 Å². The molecule has 0 saturated carbocycles. The summed E-state index contributed by atoms with van der Waals surface area (Å²) in [4.78, 5) is 18.4. The zero-order chi connectivity index (χ0) is 25.2. The second-order valence-corrected chi connectivity index (χ2v) is 10.0. The smallest absolute Gasteiger partial charge is 0.303 e. The zero-order valence-electron chi connectivity index (χ0n) is 20.2. The SMILES string of the molecule is Cc1ccc(-c2nc(C)c(C(=N)N3COc4ccc(-c5cccc(CCC(=O)O)c5)cc4C3)s2)cc1. The molecule has 0 unspecified atom stereocenters. The highest BCUT2D eigenvalue weighted by molar-refractivity contribution is 7.17. The van der Waals surface area contributed by atoms with Crippen LogP contribution in [-0.4, -0.2) is 33.5 Å². The third-order valence-electron chi connectivity index (χ3n) is 6.31. The van der Waals surface area contributed by atoms with Crippen LogP contribution in [0, 0.1) is 19.3 Å². The van der Waals surface area contributed by atoms with Crippen molar-refractivity contribution in [1.82, 2.24) is 9.88 Å². The van der Waals surface area contributed by atoms with Gasteiger partial charge in [-0.15, -0.1) is 11.3 Å². The second kappa shape index (κ2) is 9.95. The van der Waals surface area contributed by atoms with Gasteiger partial charge >= 0.3 is 5.97 Å². The van der Waals surface area contributed by atoms with Crippen LogP contribution in [0.3, 0.4) is 0 Å². The minimum Gasteiger partial charge on any atom is -0.481 e. The van der Waals surface area contributed by atoms with E-state index in [2.05, 4.69) is 37.3 Å². The van der Waals surface area contributed by atoms with E-state index in [0.29, 0.717) is 25.5 Å². The summed E-state index contributed by atoms with van der Waals surface area (Å²) in [6.45, 7) is 4.89. The van der Waals surface area contributed by atoms with E-state index >= 15 is 0 Å². The normalized spacial score (nSPS) is 12.7. The number of aryl methyl sites for hydroxylation is 3. The van der Waals surface area contributed by atoms with Gasteiger partial charge in [-0.2, -0.15) is 0 Å². The minimum absolute atomic E-state index is 0.112. The first-order valence-electron chi connectivity index (χ1n) is 11.8. The summed E-state index contributed by atoms with van der Waals surface area (Å²) in [7, 11) is 0. The number of amidine groups is 1. The van der Waals surface area contributed by atoms with Gasteiger partial charge in [-0.25, -0.2) is 4.98 Å². The molecule has 3 aromatic carbocycles. The van der Waals surface area contributed by atoms with Gasteiger partial charge in [0.2, 0.25) is 0 Å². The van der Waals surface area contributed by atoms with Gasteiger partial charge in [0.15, 0.2) is 6.73 Å². The molecule has 6 nitrogen and oxygen atoms in total. The highest BCUT2D eigenvalue weighted by Gasteiger charge is 2.24. The molecule has 0 spiro atoms. The van der Waals surface area contributed by atoms with Gasteiger partial charge in [-0.05, 0) is 49.1 Å². The maximum Gasteiger partial charge on any atom is 0.303 e. The number of aliphatic carboxylic acids is 1. The van der Waals surface area contributed by atoms with Gasteiger partial charge in [0, 0.05) is 17.5 Å². The summed E-state index contributed by atoms with van der Waals surface area (Å²) in [5, 5.41) is 18.8. The molecule has 1 aliphatic heterocycles. The minimum atomic E-state index is -0.795. The number of rotatable bonds is 6. The number of thiazole rings is 1. The number of carboxylic acid groups (broad SMARTS) is 1. The highest BCUT2D eigenvalue weighted by Crippen LogP contribution is 2.33. The fraction of sp³-hybridized carbons (Fsp3) is 0.207. The van der Waals surface area contributed by atoms with Crippen molar-refractivity contribution in [3.8, 4) is 27.4 Å². The molecule has 182 valence electrons. The molecule has 4 aromatic rings. The van der Waals surface area contributed by atoms with Crippen LogP contribution in [0.2, 0.25) is 0 Å². The Hall–Kier alpha value is -3.97. The lowest BCUT2D eigenvalue weighted by Gasteiger charge is -2.31. The molecule has 0 amide bonds. The Kier molecular flexibility index (Phi) is 6.57. The first-order valence-corrected chi connectivity index (χ1v) is 12.6. The quantitative estimate of drug-likeness (QED) is 0.242. The molecule has 2 heterocycles. The van der Waals surface area contributed by atoms with Crippen molar-refractivity contribution in [2.75, 3.05) is 6.73 Å². The summed E-state index contributed by atoms with van der Waals surface area (Å²) < 4.78 is 6.01. The summed E-state index contributed by atoms with van der Waals surface area (Å²) in [6.07, 6.45) is 0.613. The van der Waals surface area contributed by atoms with Crippen molar-refractivity contribution in [3.63, 3.8) is 0 Å². The Bertz CT molecular complexity index is 1440. The van der Waals surface area contributed by atoms with E-state index in [1.54, 1.807) is 0 Å². The molecule has 0 bridgehead atoms. The summed E-state index contributed by atoms with van der Waals surface area (Å²) in [5.41, 5.74) is 7.20. The van der Waals surface area contributed by atoms with E-state index in [0.717, 1.165) is 49.1 Å². The van der Waals surface area contributed by atoms with Crippen molar-refractivity contribution in [3.05, 3.63) is 94.0 Å². The van der Waals surface area contributed by atoms with E-state index in [1.807, 2.05) is 48.2 Å². The van der Waals surface area contributed by atoms with Crippen LogP contribution in [0.4, 0.5) is 0 Å². The van der Waals surface area contributed by atoms with Gasteiger partial charge < -0.3 is 14.7 Å². The molecule has 0 aliphatic carbocycles. The molecule has 0 fully saturated rings. The number of nitrogens with zero attached hydrogens (tertiary/aromatic N) is 2. The molecule has 0 radical (unpaired) electrons. The largest absolute Gasteiger partial charge is 0.481 e. The topological polar surface area (TPSA) is 86.5 Å². The van der Waals surface area contributed by atoms with Crippen molar-refractivity contribution < 1.29 is 14.6 Å². The van der Waals surface area contributed by atoms with Crippen LogP contribution in [-0.2, 0) is 17.8 Å². The zero-order valence-corrected chi connectivity index (χ0v) is 21.1. The van der Waals surface area contributed by atoms with Crippen LogP contribution in [0.1, 0.15) is 33.7 Å². The van der Waals surface area contributed by atoms with Crippen molar-refractivity contribution in [1.29, 1.82) is 5.41 Å². The number of carbonyl (C=O) groups is 1. The average Bonchev–Trinajstić information content (AvgIpc) is 3.28. The predicted octanol–water partition coefficient (Wildman–Crippen LogP) is 6.29. The number of hydrogen-bond acceptors (Lipinski definition) is 5. The van der Waals surface area contributed by atoms with Gasteiger partial charge in [0.05, 0.1) is 17.1 Å². The highest BCUT2D eigenvalue weighted by atomic mass is 32.1. The van der Waals surface area contributed by atoms with Gasteiger partial charge in [0.25, 0.3) is 0 Å². The summed E-state index contributed by atoms with van der Waals surface area (Å²) >= 11 is 1.54. The van der Waals surface area contributed by atoms with Crippen LogP contribution < -0.4 is 4.74 Å². The number of hydrogen-bond donors (Lipinski definition) is 2. The number of nitrogens with one attached hydrogen (secondary N) is 1. The van der Waals surface area contributed by atoms with Crippen LogP contribution in [0.5, 0.6) is 5.75 Å². The molecule has 7 heteroatoms. The monoisotopic (exact) mass is 497 g/mol. The first kappa shape index (κ1) is 23.8. The van der Waals surface area contributed by atoms with Crippen molar-refractivity contribution in [2.24, 2.45) is 0 Å². The Morgan fingerprint density at radius 2 is 1.81 bits per heavy atom. The number of ether oxygens (including phenoxy) is 1. The van der Waals surface area contributed by atoms with E-state index in [-0.39, 0.29) is 6.42 Å². The van der Waals surface area contributed by atoms with Crippen molar-refractivity contribution >= 4 is 23.1 Å². The molecule has 0 atom stereocenters. The molecular formula is C29H27N3O3S. The lowest BCUT2D eigenvalue weighted by Crippen LogP contribution is -2.37. The molecule has 1 aliphatic rings. The van der Waals surface area contributed by atoms with Gasteiger partial charge in [-0.3, -0.25) is 10.2 Å². The maximum atomic E-state index is 10.9. The fourth-order valence-electron chi connectivity index (χ4n) is 4.30. The van der Waals surface area contributed by atoms with Gasteiger partial charge in [0.1, 0.15) is 16.6 Å². The Labute approximate surface area is 214 Å². The van der Waals surface area contributed by atoms with E-state index < -0.39 is 5.97 Å². The summed E-state index contributed by atoms with van der Waals surface area (Å²) in [6, 6.07) is 22.4. The number of carboxylic acids is 1. The summed E-state index contributed by atoms with van der Waals surface area (Å²) in [5.74, 6) is 0.442. The molecule has 36 heavy (non-hydrogen) atoms. The Balaban J connectivity index is 1.36. The molecular weight excluding hydrogens is 470 g/mol. The third kappa shape index (κ3) is 5.02. The second-order valence-electron chi connectivity index (χ2n) is 9.04. The first-order chi connectivity index (χ1) is 17.4. The average molecular weight is 498 g/mol. The molecule has 1 aromatic heterocycles. The molecule has 0 saturated heterocycles. The van der Waals surface area contributed by atoms with Crippen molar-refractivity contribution in [2.45, 2.75) is 33.2 Å². The van der Waals surface area contributed by atoms with E-state index in [1.165, 1.54) is 16.9 Å². The Morgan fingerprint density at radius 1 is 1.06 bits per heavy atom. The van der Waals surface area contributed by atoms with Crippen LogP contribution in [0.15, 0.2) is 66.7 Å². The fourth-order valence-corrected chi connectivity index (χ4v) is 5.35. The Morgan fingerprint density at radius 3 is 2.58 bits per heavy atom. The molecule has 2 N–H and O–H groups in total. The predicted molar refractivity (Wildman–Crippen MR) is 143 cm³/mol. The molecule has 5 rings (SSSR count). The lowest BCUT2D eigenvalue weighted by molar-refractivity contribution is -0.136. The third-order valence-corrected chi connectivity index (χ3v) is 7.53. The van der Waals surface area contributed by atoms with E-state index in [4.69, 9.17) is 20.2 Å². The maximum absolute atomic E-state index is 10.9. The standard InChI is InChI=1S/C29H27N3O3S/c1-18-6-9-21(10-7-18)29-31-19(2)27(36-29)28(30)32-16-24-15-23(11-12-25(24)35-17-32)22-5-3-4-20(14-22)8-13-26(33)34/h3-7,9-12,14-15,30H,8,13,16-17H2,1-2H3,(H,33,34). The number of fused-ring (bicyclic) bond motifs is 1. The van der Waals surface area contributed by atoms with E-state index in [9.17, 15) is 4.79 Å². The van der Waals surface area contributed by atoms with Crippen LogP contribution >= 0.6 is 11.3 Å².